The van der Waals surface area contributed by atoms with Gasteiger partial charge in [0.05, 0.1) is 0 Å². The lowest BCUT2D eigenvalue weighted by molar-refractivity contribution is 0.806. The number of hydrogen-bond acceptors (Lipinski definition) is 3. The summed E-state index contributed by atoms with van der Waals surface area (Å²) in [5, 5.41) is 0. The Morgan fingerprint density at radius 1 is 1.31 bits per heavy atom. The number of nitrogens with two attached hydrogens (primary N) is 1. The van der Waals surface area contributed by atoms with Gasteiger partial charge in [-0.05, 0) is 17.7 Å². The first-order valence-electron chi connectivity index (χ1n) is 5.19. The molecule has 1 aromatic heterocycles. The van der Waals surface area contributed by atoms with E-state index in [2.05, 4.69) is 9.88 Å². The Hall–Kier alpha value is -1.97. The van der Waals surface area contributed by atoms with Crippen molar-refractivity contribution in [1.29, 1.82) is 0 Å². The van der Waals surface area contributed by atoms with Gasteiger partial charge in [-0.3, -0.25) is 0 Å². The number of benzene rings is 1. The number of hydrogen-bond donors (Lipinski definition) is 1. The molecule has 0 bridgehead atoms. The van der Waals surface area contributed by atoms with Gasteiger partial charge in [-0.25, -0.2) is 4.98 Å². The molecule has 0 aliphatic carbocycles. The van der Waals surface area contributed by atoms with Gasteiger partial charge in [0.1, 0.15) is 0 Å². The van der Waals surface area contributed by atoms with Crippen LogP contribution < -0.4 is 10.6 Å². The topological polar surface area (TPSA) is 47.1 Å². The van der Waals surface area contributed by atoms with Crippen LogP contribution in [0.5, 0.6) is 0 Å². The van der Waals surface area contributed by atoms with E-state index in [1.54, 1.807) is 6.20 Å². The second-order valence-corrected chi connectivity index (χ2v) is 3.94. The molecule has 4 heteroatoms. The summed E-state index contributed by atoms with van der Waals surface area (Å²) in [6.45, 7) is 0.825. The van der Waals surface area contributed by atoms with Gasteiger partial charge in [-0.15, -0.1) is 0 Å². The molecular formula is C12H16N4. The predicted octanol–water partition coefficient (Wildman–Crippen LogP) is 1.64. The molecule has 1 aromatic carbocycles. The number of imidazole rings is 1. The predicted molar refractivity (Wildman–Crippen MR) is 66.2 cm³/mol. The molecule has 0 amide bonds. The van der Waals surface area contributed by atoms with E-state index in [1.165, 1.54) is 5.56 Å². The standard InChI is InChI=1S/C12H16N4/c1-15-8-7-14-12(15)16(2)9-10-3-5-11(13)6-4-10/h3-8H,9,13H2,1-2H3. The van der Waals surface area contributed by atoms with Crippen LogP contribution in [0, 0.1) is 0 Å². The third kappa shape index (κ3) is 2.16. The summed E-state index contributed by atoms with van der Waals surface area (Å²) >= 11 is 0. The summed E-state index contributed by atoms with van der Waals surface area (Å²) in [6.07, 6.45) is 3.74. The second kappa shape index (κ2) is 4.26. The maximum absolute atomic E-state index is 5.65. The molecule has 2 N–H and O–H groups in total. The first-order valence-corrected chi connectivity index (χ1v) is 5.19. The fraction of sp³-hybridized carbons (Fsp3) is 0.250. The van der Waals surface area contributed by atoms with Crippen LogP contribution in [0.15, 0.2) is 36.7 Å². The zero-order chi connectivity index (χ0) is 11.5. The smallest absolute Gasteiger partial charge is 0.205 e. The van der Waals surface area contributed by atoms with Crippen LogP contribution in [0.1, 0.15) is 5.56 Å². The van der Waals surface area contributed by atoms with Gasteiger partial charge < -0.3 is 15.2 Å². The Labute approximate surface area is 95.3 Å². The molecule has 0 aliphatic heterocycles. The van der Waals surface area contributed by atoms with Crippen LogP contribution in [0.25, 0.3) is 0 Å². The van der Waals surface area contributed by atoms with E-state index >= 15 is 0 Å². The molecule has 0 unspecified atom stereocenters. The van der Waals surface area contributed by atoms with Gasteiger partial charge in [0, 0.05) is 38.7 Å². The third-order valence-corrected chi connectivity index (χ3v) is 2.54. The number of rotatable bonds is 3. The van der Waals surface area contributed by atoms with Gasteiger partial charge >= 0.3 is 0 Å². The average molecular weight is 216 g/mol. The lowest BCUT2D eigenvalue weighted by Crippen LogP contribution is -2.19. The summed E-state index contributed by atoms with van der Waals surface area (Å²) < 4.78 is 2.00. The minimum absolute atomic E-state index is 0.795. The molecule has 16 heavy (non-hydrogen) atoms. The lowest BCUT2D eigenvalue weighted by Gasteiger charge is -2.18. The van der Waals surface area contributed by atoms with E-state index in [9.17, 15) is 0 Å². The van der Waals surface area contributed by atoms with Crippen molar-refractivity contribution in [2.75, 3.05) is 17.7 Å². The average Bonchev–Trinajstić information content (AvgIpc) is 2.68. The Kier molecular flexibility index (Phi) is 2.81. The van der Waals surface area contributed by atoms with E-state index in [-0.39, 0.29) is 0 Å². The Balaban J connectivity index is 2.10. The highest BCUT2D eigenvalue weighted by Crippen LogP contribution is 2.13. The number of nitrogen functional groups attached to an aromatic ring is 1. The molecule has 0 fully saturated rings. The van der Waals surface area contributed by atoms with E-state index in [1.807, 2.05) is 49.1 Å². The number of aromatic nitrogens is 2. The van der Waals surface area contributed by atoms with Crippen molar-refractivity contribution in [3.63, 3.8) is 0 Å². The van der Waals surface area contributed by atoms with Gasteiger partial charge in [0.15, 0.2) is 0 Å². The van der Waals surface area contributed by atoms with E-state index in [4.69, 9.17) is 5.73 Å². The first-order chi connectivity index (χ1) is 7.66. The van der Waals surface area contributed by atoms with Crippen LogP contribution in [0.4, 0.5) is 11.6 Å². The van der Waals surface area contributed by atoms with Crippen molar-refractivity contribution in [1.82, 2.24) is 9.55 Å². The SMILES string of the molecule is CN(Cc1ccc(N)cc1)c1nccn1C. The Bertz CT molecular complexity index is 458. The molecule has 2 rings (SSSR count). The fourth-order valence-corrected chi connectivity index (χ4v) is 1.69. The minimum atomic E-state index is 0.795. The highest BCUT2D eigenvalue weighted by atomic mass is 15.3. The fourth-order valence-electron chi connectivity index (χ4n) is 1.69. The monoisotopic (exact) mass is 216 g/mol. The molecule has 0 aliphatic rings. The summed E-state index contributed by atoms with van der Waals surface area (Å²) in [5.74, 6) is 0.955. The van der Waals surface area contributed by atoms with Crippen LogP contribution in [-0.2, 0) is 13.6 Å². The van der Waals surface area contributed by atoms with Gasteiger partial charge in [-0.2, -0.15) is 0 Å². The van der Waals surface area contributed by atoms with Crippen LogP contribution in [0.2, 0.25) is 0 Å². The van der Waals surface area contributed by atoms with Crippen molar-refractivity contribution in [2.45, 2.75) is 6.54 Å². The Morgan fingerprint density at radius 2 is 2.00 bits per heavy atom. The van der Waals surface area contributed by atoms with Crippen molar-refractivity contribution in [2.24, 2.45) is 7.05 Å². The quantitative estimate of drug-likeness (QED) is 0.793. The number of aryl methyl sites for hydroxylation is 1. The van der Waals surface area contributed by atoms with Gasteiger partial charge in [-0.1, -0.05) is 12.1 Å². The molecule has 0 atom stereocenters. The molecular weight excluding hydrogens is 200 g/mol. The molecule has 84 valence electrons. The van der Waals surface area contributed by atoms with Crippen molar-refractivity contribution >= 4 is 11.6 Å². The van der Waals surface area contributed by atoms with Gasteiger partial charge in [0.2, 0.25) is 5.95 Å². The van der Waals surface area contributed by atoms with Crippen LogP contribution in [-0.4, -0.2) is 16.6 Å². The second-order valence-electron chi connectivity index (χ2n) is 3.94. The summed E-state index contributed by atoms with van der Waals surface area (Å²) in [7, 11) is 4.01. The van der Waals surface area contributed by atoms with Crippen LogP contribution >= 0.6 is 0 Å². The van der Waals surface area contributed by atoms with E-state index < -0.39 is 0 Å². The van der Waals surface area contributed by atoms with E-state index in [0.717, 1.165) is 18.2 Å². The maximum atomic E-state index is 5.65. The van der Waals surface area contributed by atoms with Crippen molar-refractivity contribution in [3.05, 3.63) is 42.2 Å². The zero-order valence-electron chi connectivity index (χ0n) is 9.59. The molecule has 0 radical (unpaired) electrons. The molecule has 0 spiro atoms. The number of nitrogens with zero attached hydrogens (tertiary/aromatic N) is 3. The van der Waals surface area contributed by atoms with Gasteiger partial charge in [0.25, 0.3) is 0 Å². The normalized spacial score (nSPS) is 10.4. The lowest BCUT2D eigenvalue weighted by atomic mass is 10.2. The summed E-state index contributed by atoms with van der Waals surface area (Å²) in [6, 6.07) is 7.91. The largest absolute Gasteiger partial charge is 0.399 e. The molecule has 1 heterocycles. The highest BCUT2D eigenvalue weighted by Gasteiger charge is 2.06. The summed E-state index contributed by atoms with van der Waals surface area (Å²) in [4.78, 5) is 6.40. The maximum Gasteiger partial charge on any atom is 0.205 e. The molecule has 2 aromatic rings. The third-order valence-electron chi connectivity index (χ3n) is 2.54. The molecule has 0 saturated heterocycles. The molecule has 4 nitrogen and oxygen atoms in total. The summed E-state index contributed by atoms with van der Waals surface area (Å²) in [5.41, 5.74) is 7.66. The Morgan fingerprint density at radius 3 is 2.56 bits per heavy atom. The highest BCUT2D eigenvalue weighted by molar-refractivity contribution is 5.41. The minimum Gasteiger partial charge on any atom is -0.399 e. The first kappa shape index (κ1) is 10.5. The molecule has 0 saturated carbocycles. The number of anilines is 2. The van der Waals surface area contributed by atoms with Crippen molar-refractivity contribution < 1.29 is 0 Å². The van der Waals surface area contributed by atoms with Crippen molar-refractivity contribution in [3.8, 4) is 0 Å². The van der Waals surface area contributed by atoms with Crippen LogP contribution in [0.3, 0.4) is 0 Å². The van der Waals surface area contributed by atoms with E-state index in [0.29, 0.717) is 0 Å². The zero-order valence-corrected chi connectivity index (χ0v) is 9.59.